The van der Waals surface area contributed by atoms with E-state index in [1.165, 1.54) is 12.1 Å². The number of ether oxygens (including phenoxy) is 2. The summed E-state index contributed by atoms with van der Waals surface area (Å²) in [6.07, 6.45) is 1.49. The average molecular weight is 590 g/mol. The van der Waals surface area contributed by atoms with E-state index in [0.717, 1.165) is 12.0 Å². The molecule has 222 valence electrons. The quantitative estimate of drug-likeness (QED) is 0.0469. The van der Waals surface area contributed by atoms with Gasteiger partial charge in [-0.1, -0.05) is 64.4 Å². The fourth-order valence-electron chi connectivity index (χ4n) is 5.97. The third-order valence-electron chi connectivity index (χ3n) is 8.15. The molecule has 0 bridgehead atoms. The molecular weight excluding hydrogens is 558 g/mol. The molecule has 0 saturated heterocycles. The molecule has 0 radical (unpaired) electrons. The van der Waals surface area contributed by atoms with Gasteiger partial charge < -0.3 is 14.6 Å². The van der Waals surface area contributed by atoms with Gasteiger partial charge in [-0.2, -0.15) is 0 Å². The number of carbonyl (C=O) groups excluding carboxylic acids is 1. The van der Waals surface area contributed by atoms with Crippen LogP contribution < -0.4 is 4.74 Å². The summed E-state index contributed by atoms with van der Waals surface area (Å²) < 4.78 is 12.1. The molecule has 8 heteroatoms. The Labute approximate surface area is 253 Å². The fraction of sp³-hybridized carbons (Fsp3) is 0.222. The second-order valence-corrected chi connectivity index (χ2v) is 12.0. The Morgan fingerprint density at radius 2 is 1.50 bits per heavy atom. The standard InChI is InChI=1S/C36H31NO7/c1-5-6-18-43-35(40)27-19-29(44-21-12-10-20(11-13-21)36(2,3)4)32-25-9-7-8-24-28(37(41)42)17-16-22(30(24)25)23-14-15-26(34(38)39)31(27)33(23)32/h7-17,19H,5-6,18H2,1-4H3,(H,38,39). The van der Waals surface area contributed by atoms with Crippen molar-refractivity contribution in [2.75, 3.05) is 6.61 Å². The number of rotatable bonds is 8. The molecule has 0 amide bonds. The maximum Gasteiger partial charge on any atom is 0.338 e. The van der Waals surface area contributed by atoms with Gasteiger partial charge in [-0.05, 0) is 70.0 Å². The first-order valence-corrected chi connectivity index (χ1v) is 14.5. The van der Waals surface area contributed by atoms with E-state index in [4.69, 9.17) is 9.47 Å². The van der Waals surface area contributed by atoms with Crippen molar-refractivity contribution in [2.24, 2.45) is 0 Å². The van der Waals surface area contributed by atoms with Crippen molar-refractivity contribution < 1.29 is 29.1 Å². The van der Waals surface area contributed by atoms with Crippen LogP contribution in [0.2, 0.25) is 0 Å². The Morgan fingerprint density at radius 3 is 2.16 bits per heavy atom. The van der Waals surface area contributed by atoms with Gasteiger partial charge in [0, 0.05) is 27.6 Å². The molecule has 0 unspecified atom stereocenters. The van der Waals surface area contributed by atoms with E-state index in [9.17, 15) is 24.8 Å². The van der Waals surface area contributed by atoms with Gasteiger partial charge in [0.1, 0.15) is 11.5 Å². The molecule has 44 heavy (non-hydrogen) atoms. The van der Waals surface area contributed by atoms with E-state index in [0.29, 0.717) is 55.6 Å². The number of nitro benzene ring substituents is 1. The molecule has 0 aliphatic rings. The number of esters is 1. The molecule has 0 atom stereocenters. The van der Waals surface area contributed by atoms with Crippen molar-refractivity contribution >= 4 is 60.7 Å². The predicted octanol–water partition coefficient (Wildman–Crippen LogP) is 9.39. The number of aromatic carboxylic acids is 1. The molecule has 6 aromatic carbocycles. The molecule has 6 aromatic rings. The van der Waals surface area contributed by atoms with Gasteiger partial charge in [0.25, 0.3) is 5.69 Å². The van der Waals surface area contributed by atoms with Crippen LogP contribution >= 0.6 is 0 Å². The van der Waals surface area contributed by atoms with Crippen molar-refractivity contribution in [3.8, 4) is 11.5 Å². The lowest BCUT2D eigenvalue weighted by atomic mass is 9.85. The molecule has 0 spiro atoms. The molecule has 0 heterocycles. The lowest BCUT2D eigenvalue weighted by Gasteiger charge is -2.21. The van der Waals surface area contributed by atoms with Crippen molar-refractivity contribution in [3.63, 3.8) is 0 Å². The Kier molecular flexibility index (Phi) is 7.08. The van der Waals surface area contributed by atoms with E-state index >= 15 is 0 Å². The summed E-state index contributed by atoms with van der Waals surface area (Å²) in [6.45, 7) is 8.53. The van der Waals surface area contributed by atoms with Crippen LogP contribution in [0.25, 0.3) is 43.1 Å². The highest BCUT2D eigenvalue weighted by molar-refractivity contribution is 6.37. The van der Waals surface area contributed by atoms with Gasteiger partial charge in [0.15, 0.2) is 0 Å². The van der Waals surface area contributed by atoms with E-state index in [1.807, 2.05) is 37.3 Å². The molecular formula is C36H31NO7. The van der Waals surface area contributed by atoms with E-state index in [-0.39, 0.29) is 34.2 Å². The van der Waals surface area contributed by atoms with Crippen molar-refractivity contribution in [1.29, 1.82) is 0 Å². The minimum atomic E-state index is -1.19. The Balaban J connectivity index is 1.75. The molecule has 1 N–H and O–H groups in total. The van der Waals surface area contributed by atoms with Crippen LogP contribution in [-0.4, -0.2) is 28.6 Å². The fourth-order valence-corrected chi connectivity index (χ4v) is 5.97. The summed E-state index contributed by atoms with van der Waals surface area (Å²) in [6, 6.07) is 20.8. The van der Waals surface area contributed by atoms with Crippen molar-refractivity contribution in [3.05, 3.63) is 99.6 Å². The van der Waals surface area contributed by atoms with Gasteiger partial charge in [-0.15, -0.1) is 0 Å². The molecule has 0 fully saturated rings. The third-order valence-corrected chi connectivity index (χ3v) is 8.15. The summed E-state index contributed by atoms with van der Waals surface area (Å²) in [4.78, 5) is 37.8. The van der Waals surface area contributed by atoms with Crippen LogP contribution in [0.5, 0.6) is 11.5 Å². The van der Waals surface area contributed by atoms with Gasteiger partial charge in [-0.3, -0.25) is 10.1 Å². The number of nitro groups is 1. The number of fused-ring (bicyclic) bond motifs is 2. The average Bonchev–Trinajstić information content (AvgIpc) is 2.99. The first kappa shape index (κ1) is 28.9. The highest BCUT2D eigenvalue weighted by Gasteiger charge is 2.27. The summed E-state index contributed by atoms with van der Waals surface area (Å²) in [5.41, 5.74) is 1.04. The van der Waals surface area contributed by atoms with Gasteiger partial charge >= 0.3 is 11.9 Å². The van der Waals surface area contributed by atoms with Crippen LogP contribution in [0.4, 0.5) is 5.69 Å². The number of non-ortho nitro benzene ring substituents is 1. The van der Waals surface area contributed by atoms with E-state index < -0.39 is 16.9 Å². The number of hydrogen-bond acceptors (Lipinski definition) is 6. The van der Waals surface area contributed by atoms with Crippen molar-refractivity contribution in [2.45, 2.75) is 46.0 Å². The smallest absolute Gasteiger partial charge is 0.338 e. The third kappa shape index (κ3) is 4.72. The largest absolute Gasteiger partial charge is 0.478 e. The molecule has 6 rings (SSSR count). The van der Waals surface area contributed by atoms with Gasteiger partial charge in [-0.25, -0.2) is 9.59 Å². The first-order chi connectivity index (χ1) is 21.0. The molecule has 0 aliphatic heterocycles. The first-order valence-electron chi connectivity index (χ1n) is 14.5. The van der Waals surface area contributed by atoms with E-state index in [2.05, 4.69) is 20.8 Å². The number of benzene rings is 6. The Hall–Kier alpha value is -5.24. The SMILES string of the molecule is CCCCOC(=O)c1cc(Oc2ccc(C(C)(C)C)cc2)c2c3cccc4c([N+](=O)[O-])ccc(c5ccc(C(=O)O)c1c52)c43. The van der Waals surface area contributed by atoms with Crippen molar-refractivity contribution in [1.82, 2.24) is 0 Å². The number of hydrogen-bond donors (Lipinski definition) is 1. The Morgan fingerprint density at radius 1 is 0.818 bits per heavy atom. The van der Waals surface area contributed by atoms with Gasteiger partial charge in [0.05, 0.1) is 28.0 Å². The zero-order chi connectivity index (χ0) is 31.3. The highest BCUT2D eigenvalue weighted by atomic mass is 16.6. The second kappa shape index (κ2) is 10.8. The maximum absolute atomic E-state index is 13.6. The minimum Gasteiger partial charge on any atom is -0.478 e. The molecule has 0 aromatic heterocycles. The Bertz CT molecular complexity index is 2110. The highest BCUT2D eigenvalue weighted by Crippen LogP contribution is 2.48. The lowest BCUT2D eigenvalue weighted by molar-refractivity contribution is -0.383. The van der Waals surface area contributed by atoms with Gasteiger partial charge in [0.2, 0.25) is 0 Å². The molecule has 8 nitrogen and oxygen atoms in total. The number of carboxylic acids is 1. The van der Waals surface area contributed by atoms with Crippen LogP contribution in [0.15, 0.2) is 72.8 Å². The van der Waals surface area contributed by atoms with Crippen LogP contribution in [-0.2, 0) is 10.2 Å². The summed E-state index contributed by atoms with van der Waals surface area (Å²) in [5, 5.41) is 26.7. The zero-order valence-electron chi connectivity index (χ0n) is 24.9. The topological polar surface area (TPSA) is 116 Å². The number of unbranched alkanes of at least 4 members (excludes halogenated alkanes) is 1. The number of carbonyl (C=O) groups is 2. The molecule has 0 saturated carbocycles. The van der Waals surface area contributed by atoms with Crippen LogP contribution in [0, 0.1) is 10.1 Å². The minimum absolute atomic E-state index is 0.0381. The summed E-state index contributed by atoms with van der Waals surface area (Å²) in [5.74, 6) is -1.00. The van der Waals surface area contributed by atoms with E-state index in [1.54, 1.807) is 30.3 Å². The number of nitrogens with zero attached hydrogens (tertiary/aromatic N) is 1. The normalized spacial score (nSPS) is 11.9. The number of carboxylic acid groups (broad SMARTS) is 1. The lowest BCUT2D eigenvalue weighted by Crippen LogP contribution is -2.11. The molecule has 0 aliphatic carbocycles. The zero-order valence-corrected chi connectivity index (χ0v) is 24.9. The van der Waals surface area contributed by atoms with Crippen LogP contribution in [0.3, 0.4) is 0 Å². The predicted molar refractivity (Wildman–Crippen MR) is 172 cm³/mol. The summed E-state index contributed by atoms with van der Waals surface area (Å²) >= 11 is 0. The monoisotopic (exact) mass is 589 g/mol. The maximum atomic E-state index is 13.6. The second-order valence-electron chi connectivity index (χ2n) is 12.0. The summed E-state index contributed by atoms with van der Waals surface area (Å²) in [7, 11) is 0. The van der Waals surface area contributed by atoms with Crippen LogP contribution in [0.1, 0.15) is 66.8 Å².